The molecule has 24 heavy (non-hydrogen) atoms. The number of aliphatic carboxylic acids is 1. The zero-order chi connectivity index (χ0) is 17.3. The van der Waals surface area contributed by atoms with Crippen molar-refractivity contribution < 1.29 is 14.6 Å². The highest BCUT2D eigenvalue weighted by Crippen LogP contribution is 2.44. The van der Waals surface area contributed by atoms with Crippen LogP contribution >= 0.6 is 34.5 Å². The Balaban J connectivity index is 2.07. The quantitative estimate of drug-likeness (QED) is 0.579. The van der Waals surface area contributed by atoms with Crippen molar-refractivity contribution in [2.45, 2.75) is 19.4 Å². The van der Waals surface area contributed by atoms with Crippen LogP contribution < -0.4 is 4.74 Å². The highest BCUT2D eigenvalue weighted by atomic mass is 35.5. The average molecular weight is 381 g/mol. The van der Waals surface area contributed by atoms with Crippen LogP contribution in [0.15, 0.2) is 42.5 Å². The summed E-state index contributed by atoms with van der Waals surface area (Å²) in [5.41, 5.74) is 1.09. The van der Waals surface area contributed by atoms with Crippen molar-refractivity contribution in [2.24, 2.45) is 0 Å². The maximum absolute atomic E-state index is 11.2. The molecule has 3 rings (SSSR count). The molecular weight excluding hydrogens is 367 g/mol. The monoisotopic (exact) mass is 380 g/mol. The Hall–Kier alpha value is -1.75. The van der Waals surface area contributed by atoms with Gasteiger partial charge >= 0.3 is 5.97 Å². The summed E-state index contributed by atoms with van der Waals surface area (Å²) in [7, 11) is 0. The minimum atomic E-state index is -1.03. The van der Waals surface area contributed by atoms with Gasteiger partial charge in [-0.3, -0.25) is 0 Å². The molecule has 1 N–H and O–H groups in total. The van der Waals surface area contributed by atoms with Gasteiger partial charge in [-0.2, -0.15) is 0 Å². The molecule has 6 heteroatoms. The van der Waals surface area contributed by atoms with E-state index in [0.717, 1.165) is 20.5 Å². The summed E-state index contributed by atoms with van der Waals surface area (Å²) in [4.78, 5) is 12.2. The third kappa shape index (κ3) is 3.22. The number of hydrogen-bond acceptors (Lipinski definition) is 3. The Morgan fingerprint density at radius 1 is 1.21 bits per heavy atom. The molecule has 0 spiro atoms. The molecule has 0 saturated heterocycles. The summed E-state index contributed by atoms with van der Waals surface area (Å²) in [5, 5.41) is 10.7. The van der Waals surface area contributed by atoms with Crippen LogP contribution in [0.1, 0.15) is 13.3 Å². The molecule has 0 aliphatic rings. The van der Waals surface area contributed by atoms with E-state index >= 15 is 0 Å². The van der Waals surface area contributed by atoms with Gasteiger partial charge in [0.05, 0.1) is 9.72 Å². The zero-order valence-corrected chi connectivity index (χ0v) is 15.1. The molecule has 0 saturated carbocycles. The smallest absolute Gasteiger partial charge is 0.344 e. The van der Waals surface area contributed by atoms with Crippen molar-refractivity contribution in [1.29, 1.82) is 0 Å². The van der Waals surface area contributed by atoms with Gasteiger partial charge in [0.25, 0.3) is 0 Å². The van der Waals surface area contributed by atoms with Gasteiger partial charge in [0.1, 0.15) is 10.8 Å². The Morgan fingerprint density at radius 3 is 2.54 bits per heavy atom. The fourth-order valence-electron chi connectivity index (χ4n) is 2.39. The van der Waals surface area contributed by atoms with Crippen molar-refractivity contribution in [3.63, 3.8) is 0 Å². The lowest BCUT2D eigenvalue weighted by atomic mass is 10.1. The van der Waals surface area contributed by atoms with Crippen molar-refractivity contribution in [3.8, 4) is 16.2 Å². The standard InChI is InChI=1S/C18H14Cl2O3S/c1-2-12(18(21)22)23-13-8-11-9-14(10-6-4-3-5-7-10)24-17(11)16(20)15(13)19/h3-9,12H,2H2,1H3,(H,21,22). The zero-order valence-electron chi connectivity index (χ0n) is 12.8. The number of carbonyl (C=O) groups is 1. The minimum absolute atomic E-state index is 0.241. The fourth-order valence-corrected chi connectivity index (χ4v) is 4.04. The first-order valence-electron chi connectivity index (χ1n) is 7.37. The van der Waals surface area contributed by atoms with E-state index in [1.165, 1.54) is 0 Å². The van der Waals surface area contributed by atoms with E-state index in [-0.39, 0.29) is 5.02 Å². The van der Waals surface area contributed by atoms with Gasteiger partial charge in [-0.25, -0.2) is 4.79 Å². The van der Waals surface area contributed by atoms with E-state index in [2.05, 4.69) is 0 Å². The van der Waals surface area contributed by atoms with E-state index < -0.39 is 12.1 Å². The molecule has 1 heterocycles. The molecular formula is C18H14Cl2O3S. The number of rotatable bonds is 5. The predicted octanol–water partition coefficient (Wildman–Crippen LogP) is 6.12. The second kappa shape index (κ2) is 7.01. The first-order chi connectivity index (χ1) is 11.5. The average Bonchev–Trinajstić information content (AvgIpc) is 3.01. The molecule has 0 aliphatic heterocycles. The number of thiophene rings is 1. The van der Waals surface area contributed by atoms with Crippen LogP contribution in [0.3, 0.4) is 0 Å². The van der Waals surface area contributed by atoms with Crippen LogP contribution in [0.5, 0.6) is 5.75 Å². The van der Waals surface area contributed by atoms with Crippen molar-refractivity contribution in [1.82, 2.24) is 0 Å². The molecule has 3 aromatic rings. The Bertz CT molecular complexity index is 890. The fraction of sp³-hybridized carbons (Fsp3) is 0.167. The van der Waals surface area contributed by atoms with Gasteiger partial charge in [0.15, 0.2) is 6.10 Å². The van der Waals surface area contributed by atoms with E-state index in [4.69, 9.17) is 33.0 Å². The molecule has 0 bridgehead atoms. The largest absolute Gasteiger partial charge is 0.479 e. The topological polar surface area (TPSA) is 46.5 Å². The molecule has 2 aromatic carbocycles. The molecule has 0 amide bonds. The molecule has 0 aliphatic carbocycles. The first-order valence-corrected chi connectivity index (χ1v) is 8.95. The van der Waals surface area contributed by atoms with Gasteiger partial charge < -0.3 is 9.84 Å². The van der Waals surface area contributed by atoms with Crippen molar-refractivity contribution in [3.05, 3.63) is 52.5 Å². The van der Waals surface area contributed by atoms with E-state index in [0.29, 0.717) is 17.2 Å². The van der Waals surface area contributed by atoms with Crippen LogP contribution in [-0.4, -0.2) is 17.2 Å². The molecule has 1 atom stereocenters. The van der Waals surface area contributed by atoms with Gasteiger partial charge in [-0.1, -0.05) is 60.5 Å². The van der Waals surface area contributed by atoms with Crippen LogP contribution in [0, 0.1) is 0 Å². The molecule has 3 nitrogen and oxygen atoms in total. The van der Waals surface area contributed by atoms with Crippen molar-refractivity contribution in [2.75, 3.05) is 0 Å². The van der Waals surface area contributed by atoms with Gasteiger partial charge in [-0.05, 0) is 29.5 Å². The Labute approximate surface area is 153 Å². The third-order valence-electron chi connectivity index (χ3n) is 3.63. The molecule has 1 aromatic heterocycles. The predicted molar refractivity (Wildman–Crippen MR) is 99.6 cm³/mol. The maximum atomic E-state index is 11.2. The number of halogens is 2. The number of carboxylic acids is 1. The number of benzene rings is 2. The highest BCUT2D eigenvalue weighted by molar-refractivity contribution is 7.23. The summed E-state index contributed by atoms with van der Waals surface area (Å²) < 4.78 is 6.41. The van der Waals surface area contributed by atoms with Gasteiger partial charge in [-0.15, -0.1) is 11.3 Å². The lowest BCUT2D eigenvalue weighted by molar-refractivity contribution is -0.145. The second-order valence-corrected chi connectivity index (χ2v) is 7.06. The first kappa shape index (κ1) is 17.1. The van der Waals surface area contributed by atoms with Crippen LogP contribution in [0.4, 0.5) is 0 Å². The minimum Gasteiger partial charge on any atom is -0.479 e. The van der Waals surface area contributed by atoms with E-state index in [9.17, 15) is 4.79 Å². The lowest BCUT2D eigenvalue weighted by Crippen LogP contribution is -2.26. The summed E-state index contributed by atoms with van der Waals surface area (Å²) in [6.07, 6.45) is -0.622. The van der Waals surface area contributed by atoms with E-state index in [1.54, 1.807) is 24.3 Å². The summed E-state index contributed by atoms with van der Waals surface area (Å²) in [6, 6.07) is 13.7. The van der Waals surface area contributed by atoms with E-state index in [1.807, 2.05) is 36.4 Å². The van der Waals surface area contributed by atoms with Crippen LogP contribution in [0.2, 0.25) is 10.0 Å². The molecule has 124 valence electrons. The summed E-state index contributed by atoms with van der Waals surface area (Å²) in [5.74, 6) is -0.735. The molecule has 1 unspecified atom stereocenters. The number of fused-ring (bicyclic) bond motifs is 1. The lowest BCUT2D eigenvalue weighted by Gasteiger charge is -2.15. The van der Waals surface area contributed by atoms with Gasteiger partial charge in [0, 0.05) is 4.88 Å². The number of hydrogen-bond donors (Lipinski definition) is 1. The Morgan fingerprint density at radius 2 is 1.92 bits per heavy atom. The van der Waals surface area contributed by atoms with Crippen LogP contribution in [0.25, 0.3) is 20.5 Å². The molecule has 0 radical (unpaired) electrons. The second-order valence-electron chi connectivity index (χ2n) is 5.25. The Kier molecular flexibility index (Phi) is 4.99. The summed E-state index contributed by atoms with van der Waals surface area (Å²) >= 11 is 14.2. The maximum Gasteiger partial charge on any atom is 0.344 e. The SMILES string of the molecule is CCC(Oc1cc2cc(-c3ccccc3)sc2c(Cl)c1Cl)C(=O)O. The molecule has 0 fully saturated rings. The number of carboxylic acid groups (broad SMARTS) is 1. The van der Waals surface area contributed by atoms with Gasteiger partial charge in [0.2, 0.25) is 0 Å². The normalized spacial score (nSPS) is 12.3. The van der Waals surface area contributed by atoms with Crippen LogP contribution in [-0.2, 0) is 4.79 Å². The highest BCUT2D eigenvalue weighted by Gasteiger charge is 2.21. The third-order valence-corrected chi connectivity index (χ3v) is 5.81. The summed E-state index contributed by atoms with van der Waals surface area (Å²) in [6.45, 7) is 1.74. The van der Waals surface area contributed by atoms with Crippen molar-refractivity contribution >= 4 is 50.6 Å². The number of ether oxygens (including phenoxy) is 1.